The molecule has 0 aliphatic rings. The highest BCUT2D eigenvalue weighted by molar-refractivity contribution is 5.80. The summed E-state index contributed by atoms with van der Waals surface area (Å²) in [6.45, 7) is 4.56. The molecule has 0 amide bonds. The lowest BCUT2D eigenvalue weighted by Gasteiger charge is -2.14. The maximum atomic E-state index is 13.3. The maximum Gasteiger partial charge on any atom is 0.439 e. The predicted octanol–water partition coefficient (Wildman–Crippen LogP) is 3.46. The van der Waals surface area contributed by atoms with Crippen LogP contribution in [0.5, 0.6) is 0 Å². The minimum atomic E-state index is -0.592. The normalized spacial score (nSPS) is 11.4. The molecule has 34 heavy (non-hydrogen) atoms. The smallest absolute Gasteiger partial charge is 0.296 e. The summed E-state index contributed by atoms with van der Waals surface area (Å²) in [6, 6.07) is 15.7. The second-order valence-corrected chi connectivity index (χ2v) is 8.06. The van der Waals surface area contributed by atoms with Gasteiger partial charge in [-0.15, -0.1) is 0 Å². The quantitative estimate of drug-likeness (QED) is 0.401. The van der Waals surface area contributed by atoms with Gasteiger partial charge in [-0.05, 0) is 30.0 Å². The fraction of sp³-hybridized carbons (Fsp3) is 0.240. The predicted molar refractivity (Wildman–Crippen MR) is 128 cm³/mol. The molecule has 1 N–H and O–H groups in total. The Morgan fingerprint density at radius 2 is 1.76 bits per heavy atom. The van der Waals surface area contributed by atoms with Crippen molar-refractivity contribution < 1.29 is 4.52 Å². The second-order valence-electron chi connectivity index (χ2n) is 8.06. The van der Waals surface area contributed by atoms with E-state index in [1.807, 2.05) is 55.5 Å². The summed E-state index contributed by atoms with van der Waals surface area (Å²) in [7, 11) is 0. The SMILES string of the molecule is CCCc1c(Cc2ccc(-c3ccccc3-c3noc(=O)[nH]3)cc2)c(=O)n(CC)c2ncnn12. The summed E-state index contributed by atoms with van der Waals surface area (Å²) < 4.78 is 8.15. The molecule has 3 heterocycles. The minimum absolute atomic E-state index is 0.0177. The molecule has 0 radical (unpaired) electrons. The van der Waals surface area contributed by atoms with Crippen LogP contribution in [0, 0.1) is 0 Å². The molecular formula is C25H24N6O3. The van der Waals surface area contributed by atoms with Crippen LogP contribution in [0.3, 0.4) is 0 Å². The molecule has 3 aromatic heterocycles. The number of nitrogens with zero attached hydrogens (tertiary/aromatic N) is 5. The monoisotopic (exact) mass is 456 g/mol. The van der Waals surface area contributed by atoms with E-state index in [1.54, 1.807) is 9.08 Å². The molecule has 0 aliphatic heterocycles. The van der Waals surface area contributed by atoms with Crippen molar-refractivity contribution >= 4 is 5.78 Å². The first-order valence-electron chi connectivity index (χ1n) is 11.3. The summed E-state index contributed by atoms with van der Waals surface area (Å²) >= 11 is 0. The Morgan fingerprint density at radius 1 is 1.00 bits per heavy atom. The number of fused-ring (bicyclic) bond motifs is 1. The molecule has 0 fully saturated rings. The molecule has 0 unspecified atom stereocenters. The summed E-state index contributed by atoms with van der Waals surface area (Å²) in [5.74, 6) is 0.373. The van der Waals surface area contributed by atoms with Gasteiger partial charge in [-0.2, -0.15) is 10.1 Å². The van der Waals surface area contributed by atoms with Gasteiger partial charge in [-0.3, -0.25) is 18.9 Å². The van der Waals surface area contributed by atoms with Gasteiger partial charge in [0.25, 0.3) is 5.56 Å². The molecule has 0 spiro atoms. The van der Waals surface area contributed by atoms with Crippen LogP contribution in [0.25, 0.3) is 28.3 Å². The highest BCUT2D eigenvalue weighted by Crippen LogP contribution is 2.30. The Kier molecular flexibility index (Phi) is 5.67. The molecule has 5 aromatic rings. The van der Waals surface area contributed by atoms with Crippen LogP contribution in [-0.4, -0.2) is 29.3 Å². The van der Waals surface area contributed by atoms with E-state index in [2.05, 4.69) is 31.7 Å². The van der Waals surface area contributed by atoms with E-state index in [9.17, 15) is 9.59 Å². The van der Waals surface area contributed by atoms with Gasteiger partial charge in [0.05, 0.1) is 5.69 Å². The summed E-state index contributed by atoms with van der Waals surface area (Å²) in [6.07, 6.45) is 3.65. The van der Waals surface area contributed by atoms with E-state index in [0.29, 0.717) is 24.6 Å². The zero-order chi connectivity index (χ0) is 23.7. The van der Waals surface area contributed by atoms with Crippen molar-refractivity contribution in [3.63, 3.8) is 0 Å². The van der Waals surface area contributed by atoms with E-state index in [4.69, 9.17) is 0 Å². The number of hydrogen-bond acceptors (Lipinski definition) is 6. The molecule has 5 rings (SSSR count). The number of hydrogen-bond donors (Lipinski definition) is 1. The summed E-state index contributed by atoms with van der Waals surface area (Å²) in [4.78, 5) is 31.7. The third kappa shape index (κ3) is 3.75. The number of aryl methyl sites for hydroxylation is 2. The van der Waals surface area contributed by atoms with Crippen LogP contribution < -0.4 is 11.3 Å². The van der Waals surface area contributed by atoms with Crippen molar-refractivity contribution in [1.82, 2.24) is 29.3 Å². The average molecular weight is 457 g/mol. The lowest BCUT2D eigenvalue weighted by Crippen LogP contribution is -2.29. The molecule has 2 aromatic carbocycles. The van der Waals surface area contributed by atoms with E-state index in [1.165, 1.54) is 6.33 Å². The molecule has 172 valence electrons. The van der Waals surface area contributed by atoms with Crippen molar-refractivity contribution in [2.45, 2.75) is 39.7 Å². The minimum Gasteiger partial charge on any atom is -0.296 e. The van der Waals surface area contributed by atoms with Gasteiger partial charge in [0.1, 0.15) is 6.33 Å². The standard InChI is InChI=1S/C25H24N6O3/c1-3-7-21-20(23(32)30(4-2)24-26-15-27-31(21)24)14-16-10-12-17(13-11-16)18-8-5-6-9-19(18)22-28-25(33)34-29-22/h5-6,8-13,15H,3-4,7,14H2,1-2H3,(H,28,29,33). The highest BCUT2D eigenvalue weighted by atomic mass is 16.5. The number of nitrogens with one attached hydrogen (secondary N) is 1. The Balaban J connectivity index is 1.53. The van der Waals surface area contributed by atoms with Gasteiger partial charge in [0.15, 0.2) is 5.82 Å². The van der Waals surface area contributed by atoms with E-state index >= 15 is 0 Å². The largest absolute Gasteiger partial charge is 0.439 e. The Morgan fingerprint density at radius 3 is 2.44 bits per heavy atom. The zero-order valence-corrected chi connectivity index (χ0v) is 19.0. The lowest BCUT2D eigenvalue weighted by atomic mass is 9.96. The molecule has 0 bridgehead atoms. The van der Waals surface area contributed by atoms with Crippen molar-refractivity contribution in [3.8, 4) is 22.5 Å². The molecule has 0 saturated carbocycles. The summed E-state index contributed by atoms with van der Waals surface area (Å²) in [5, 5.41) is 8.22. The number of aromatic amines is 1. The molecule has 0 aliphatic carbocycles. The third-order valence-corrected chi connectivity index (χ3v) is 5.95. The first-order chi connectivity index (χ1) is 16.6. The van der Waals surface area contributed by atoms with Gasteiger partial charge in [-0.1, -0.05) is 67.0 Å². The Labute approximate surface area is 194 Å². The Bertz CT molecular complexity index is 1570. The number of rotatable bonds is 7. The van der Waals surface area contributed by atoms with Gasteiger partial charge < -0.3 is 0 Å². The number of aromatic nitrogens is 6. The van der Waals surface area contributed by atoms with Crippen molar-refractivity contribution in [2.75, 3.05) is 0 Å². The van der Waals surface area contributed by atoms with Crippen molar-refractivity contribution in [3.05, 3.63) is 92.6 Å². The van der Waals surface area contributed by atoms with Gasteiger partial charge in [0, 0.05) is 24.1 Å². The topological polar surface area (TPSA) is 111 Å². The first kappa shape index (κ1) is 21.6. The van der Waals surface area contributed by atoms with Crippen LogP contribution in [0.2, 0.25) is 0 Å². The van der Waals surface area contributed by atoms with Gasteiger partial charge in [0.2, 0.25) is 5.78 Å². The lowest BCUT2D eigenvalue weighted by molar-refractivity contribution is 0.388. The molecule has 0 saturated heterocycles. The Hall–Kier alpha value is -4.27. The van der Waals surface area contributed by atoms with Crippen molar-refractivity contribution in [1.29, 1.82) is 0 Å². The van der Waals surface area contributed by atoms with Gasteiger partial charge >= 0.3 is 5.76 Å². The molecule has 9 nitrogen and oxygen atoms in total. The third-order valence-electron chi connectivity index (χ3n) is 5.95. The number of H-pyrrole nitrogens is 1. The fourth-order valence-corrected chi connectivity index (χ4v) is 4.36. The van der Waals surface area contributed by atoms with Crippen LogP contribution in [0.1, 0.15) is 37.1 Å². The summed E-state index contributed by atoms with van der Waals surface area (Å²) in [5.41, 5.74) is 5.32. The van der Waals surface area contributed by atoms with E-state index in [-0.39, 0.29) is 5.56 Å². The van der Waals surface area contributed by atoms with E-state index in [0.717, 1.165) is 46.4 Å². The first-order valence-corrected chi connectivity index (χ1v) is 11.3. The fourth-order valence-electron chi connectivity index (χ4n) is 4.36. The highest BCUT2D eigenvalue weighted by Gasteiger charge is 2.18. The molecular weight excluding hydrogens is 432 g/mol. The number of benzene rings is 2. The average Bonchev–Trinajstić information content (AvgIpc) is 3.51. The van der Waals surface area contributed by atoms with Crippen molar-refractivity contribution in [2.24, 2.45) is 0 Å². The van der Waals surface area contributed by atoms with Crippen LogP contribution in [0.15, 0.2) is 69.0 Å². The molecule has 0 atom stereocenters. The van der Waals surface area contributed by atoms with Gasteiger partial charge in [-0.25, -0.2) is 9.31 Å². The molecule has 9 heteroatoms. The second kappa shape index (κ2) is 8.93. The van der Waals surface area contributed by atoms with Crippen LogP contribution in [-0.2, 0) is 19.4 Å². The van der Waals surface area contributed by atoms with Crippen LogP contribution >= 0.6 is 0 Å². The maximum absolute atomic E-state index is 13.3. The zero-order valence-electron chi connectivity index (χ0n) is 19.0. The van der Waals surface area contributed by atoms with Crippen LogP contribution in [0.4, 0.5) is 0 Å². The van der Waals surface area contributed by atoms with E-state index < -0.39 is 5.76 Å².